The lowest BCUT2D eigenvalue weighted by atomic mass is 10.1. The fraction of sp³-hybridized carbons (Fsp3) is 0.105. The van der Waals surface area contributed by atoms with Gasteiger partial charge in [-0.15, -0.1) is 5.10 Å². The summed E-state index contributed by atoms with van der Waals surface area (Å²) in [5, 5.41) is 17.7. The van der Waals surface area contributed by atoms with Crippen LogP contribution in [0.3, 0.4) is 0 Å². The molecule has 0 radical (unpaired) electrons. The van der Waals surface area contributed by atoms with Crippen LogP contribution in [0.5, 0.6) is 5.75 Å². The molecule has 0 amide bonds. The maximum Gasteiger partial charge on any atom is 0.335 e. The molecular formula is C19H16N4O3S. The first-order valence-corrected chi connectivity index (χ1v) is 9.01. The molecule has 136 valence electrons. The summed E-state index contributed by atoms with van der Waals surface area (Å²) in [5.41, 5.74) is 3.04. The Morgan fingerprint density at radius 1 is 1.19 bits per heavy atom. The van der Waals surface area contributed by atoms with E-state index in [9.17, 15) is 4.79 Å². The van der Waals surface area contributed by atoms with Crippen LogP contribution >= 0.6 is 11.3 Å². The average Bonchev–Trinajstić information content (AvgIpc) is 3.27. The first-order valence-electron chi connectivity index (χ1n) is 8.19. The summed E-state index contributed by atoms with van der Waals surface area (Å²) in [6, 6.07) is 14.5. The SMILES string of the molecule is COc1ccc(CNc2nn3c(-c4ccc(C(=O)O)cc4)cnc3s2)cc1. The molecule has 0 saturated carbocycles. The standard InChI is InChI=1S/C19H16N4O3S/c1-26-15-8-2-12(3-9-15)10-20-18-22-23-16(11-21-19(23)27-18)13-4-6-14(7-5-13)17(24)25/h2-9,11H,10H2,1H3,(H,20,22)(H,24,25). The van der Waals surface area contributed by atoms with E-state index in [4.69, 9.17) is 9.84 Å². The number of methoxy groups -OCH3 is 1. The van der Waals surface area contributed by atoms with Crippen LogP contribution in [0.25, 0.3) is 16.2 Å². The Hall–Kier alpha value is -3.39. The minimum absolute atomic E-state index is 0.250. The third-order valence-corrected chi connectivity index (χ3v) is 5.00. The Morgan fingerprint density at radius 3 is 2.59 bits per heavy atom. The average molecular weight is 380 g/mol. The summed E-state index contributed by atoms with van der Waals surface area (Å²) < 4.78 is 6.92. The van der Waals surface area contributed by atoms with Crippen molar-refractivity contribution < 1.29 is 14.6 Å². The van der Waals surface area contributed by atoms with Gasteiger partial charge < -0.3 is 15.2 Å². The number of nitrogens with zero attached hydrogens (tertiary/aromatic N) is 3. The molecule has 7 nitrogen and oxygen atoms in total. The Morgan fingerprint density at radius 2 is 1.93 bits per heavy atom. The van der Waals surface area contributed by atoms with Crippen molar-refractivity contribution in [3.8, 4) is 17.0 Å². The highest BCUT2D eigenvalue weighted by Crippen LogP contribution is 2.26. The van der Waals surface area contributed by atoms with Crippen molar-refractivity contribution in [1.29, 1.82) is 0 Å². The maximum absolute atomic E-state index is 11.0. The second kappa shape index (κ2) is 7.08. The molecule has 0 aliphatic heterocycles. The second-order valence-corrected chi connectivity index (χ2v) is 6.79. The van der Waals surface area contributed by atoms with E-state index in [2.05, 4.69) is 15.4 Å². The van der Waals surface area contributed by atoms with Crippen LogP contribution in [0, 0.1) is 0 Å². The summed E-state index contributed by atoms with van der Waals surface area (Å²) in [7, 11) is 1.64. The minimum atomic E-state index is -0.946. The first-order chi connectivity index (χ1) is 13.1. The number of benzene rings is 2. The smallest absolute Gasteiger partial charge is 0.335 e. The zero-order chi connectivity index (χ0) is 18.8. The Labute approximate surface area is 158 Å². The van der Waals surface area contributed by atoms with Crippen LogP contribution in [0.1, 0.15) is 15.9 Å². The number of imidazole rings is 1. The van der Waals surface area contributed by atoms with E-state index in [1.54, 1.807) is 42.1 Å². The highest BCUT2D eigenvalue weighted by Gasteiger charge is 2.12. The number of carboxylic acid groups (broad SMARTS) is 1. The van der Waals surface area contributed by atoms with Crippen molar-refractivity contribution in [3.63, 3.8) is 0 Å². The Balaban J connectivity index is 1.53. The summed E-state index contributed by atoms with van der Waals surface area (Å²) in [6.45, 7) is 0.642. The molecular weight excluding hydrogens is 364 g/mol. The van der Waals surface area contributed by atoms with Crippen molar-refractivity contribution in [2.75, 3.05) is 12.4 Å². The number of rotatable bonds is 6. The van der Waals surface area contributed by atoms with E-state index in [1.165, 1.54) is 11.3 Å². The summed E-state index contributed by atoms with van der Waals surface area (Å²) in [4.78, 5) is 16.2. The highest BCUT2D eigenvalue weighted by atomic mass is 32.1. The second-order valence-electron chi connectivity index (χ2n) is 5.83. The number of carboxylic acids is 1. The van der Waals surface area contributed by atoms with E-state index >= 15 is 0 Å². The molecule has 0 bridgehead atoms. The van der Waals surface area contributed by atoms with Crippen molar-refractivity contribution in [2.24, 2.45) is 0 Å². The molecule has 2 heterocycles. The third kappa shape index (κ3) is 3.47. The van der Waals surface area contributed by atoms with E-state index in [0.717, 1.165) is 32.7 Å². The number of hydrogen-bond donors (Lipinski definition) is 2. The Kier molecular flexibility index (Phi) is 4.47. The third-order valence-electron chi connectivity index (χ3n) is 4.12. The van der Waals surface area contributed by atoms with E-state index < -0.39 is 5.97 Å². The molecule has 0 aliphatic rings. The molecule has 2 N–H and O–H groups in total. The largest absolute Gasteiger partial charge is 0.497 e. The molecule has 0 spiro atoms. The molecule has 8 heteroatoms. The van der Waals surface area contributed by atoms with Gasteiger partial charge >= 0.3 is 5.97 Å². The lowest BCUT2D eigenvalue weighted by Crippen LogP contribution is -2.00. The minimum Gasteiger partial charge on any atom is -0.497 e. The lowest BCUT2D eigenvalue weighted by Gasteiger charge is -2.04. The number of fused-ring (bicyclic) bond motifs is 1. The zero-order valence-corrected chi connectivity index (χ0v) is 15.2. The van der Waals surface area contributed by atoms with Crippen molar-refractivity contribution in [3.05, 3.63) is 65.9 Å². The summed E-state index contributed by atoms with van der Waals surface area (Å²) in [5.74, 6) is -0.122. The number of ether oxygens (including phenoxy) is 1. The van der Waals surface area contributed by atoms with Crippen LogP contribution in [0.2, 0.25) is 0 Å². The van der Waals surface area contributed by atoms with Gasteiger partial charge in [-0.05, 0) is 29.8 Å². The normalized spacial score (nSPS) is 10.9. The number of anilines is 1. The van der Waals surface area contributed by atoms with Gasteiger partial charge in [0.05, 0.1) is 24.6 Å². The number of aromatic nitrogens is 3. The van der Waals surface area contributed by atoms with Crippen molar-refractivity contribution in [2.45, 2.75) is 6.54 Å². The van der Waals surface area contributed by atoms with Gasteiger partial charge in [-0.25, -0.2) is 14.3 Å². The number of aromatic carboxylic acids is 1. The molecule has 0 unspecified atom stereocenters. The van der Waals surface area contributed by atoms with E-state index in [0.29, 0.717) is 6.54 Å². The van der Waals surface area contributed by atoms with Gasteiger partial charge in [0.25, 0.3) is 0 Å². The van der Waals surface area contributed by atoms with Gasteiger partial charge in [0.1, 0.15) is 5.75 Å². The topological polar surface area (TPSA) is 88.8 Å². The molecule has 0 atom stereocenters. The predicted octanol–water partition coefficient (Wildman–Crippen LogP) is 3.78. The fourth-order valence-electron chi connectivity index (χ4n) is 2.67. The number of carbonyl (C=O) groups is 1. The van der Waals surface area contributed by atoms with Crippen LogP contribution in [-0.2, 0) is 6.54 Å². The van der Waals surface area contributed by atoms with Gasteiger partial charge in [-0.3, -0.25) is 0 Å². The van der Waals surface area contributed by atoms with Crippen LogP contribution in [-0.4, -0.2) is 32.8 Å². The predicted molar refractivity (Wildman–Crippen MR) is 104 cm³/mol. The Bertz CT molecular complexity index is 1080. The zero-order valence-electron chi connectivity index (χ0n) is 14.4. The maximum atomic E-state index is 11.0. The van der Waals surface area contributed by atoms with Crippen molar-refractivity contribution >= 4 is 27.4 Å². The van der Waals surface area contributed by atoms with Crippen LogP contribution < -0.4 is 10.1 Å². The summed E-state index contributed by atoms with van der Waals surface area (Å²) in [6.07, 6.45) is 1.74. The number of hydrogen-bond acceptors (Lipinski definition) is 6. The molecule has 2 aromatic carbocycles. The van der Waals surface area contributed by atoms with Gasteiger partial charge in [0, 0.05) is 12.1 Å². The van der Waals surface area contributed by atoms with Gasteiger partial charge in [-0.1, -0.05) is 35.6 Å². The molecule has 4 aromatic rings. The molecule has 4 rings (SSSR count). The van der Waals surface area contributed by atoms with Crippen molar-refractivity contribution in [1.82, 2.24) is 14.6 Å². The van der Waals surface area contributed by atoms with Crippen LogP contribution in [0.4, 0.5) is 5.13 Å². The summed E-state index contributed by atoms with van der Waals surface area (Å²) >= 11 is 1.46. The quantitative estimate of drug-likeness (QED) is 0.529. The van der Waals surface area contributed by atoms with Gasteiger partial charge in [0.15, 0.2) is 0 Å². The first kappa shape index (κ1) is 17.0. The number of nitrogens with one attached hydrogen (secondary N) is 1. The fourth-order valence-corrected chi connectivity index (χ4v) is 3.44. The molecule has 27 heavy (non-hydrogen) atoms. The molecule has 0 fully saturated rings. The molecule has 2 aromatic heterocycles. The molecule has 0 saturated heterocycles. The lowest BCUT2D eigenvalue weighted by molar-refractivity contribution is 0.0697. The monoisotopic (exact) mass is 380 g/mol. The van der Waals surface area contributed by atoms with Gasteiger partial charge in [0.2, 0.25) is 10.1 Å². The molecule has 0 aliphatic carbocycles. The van der Waals surface area contributed by atoms with E-state index in [-0.39, 0.29) is 5.56 Å². The van der Waals surface area contributed by atoms with E-state index in [1.807, 2.05) is 24.3 Å². The van der Waals surface area contributed by atoms with Crippen LogP contribution in [0.15, 0.2) is 54.7 Å². The van der Waals surface area contributed by atoms with Gasteiger partial charge in [-0.2, -0.15) is 0 Å². The highest BCUT2D eigenvalue weighted by molar-refractivity contribution is 7.20.